The number of nitrogens with one attached hydrogen (secondary N) is 4. The van der Waals surface area contributed by atoms with E-state index < -0.39 is 66.9 Å². The lowest BCUT2D eigenvalue weighted by atomic mass is 10.0. The number of aliphatic hydroxyl groups excluding tert-OH is 1. The number of carboxylic acid groups (broad SMARTS) is 1. The van der Waals surface area contributed by atoms with Crippen molar-refractivity contribution in [3.63, 3.8) is 0 Å². The number of carboxylic acids is 1. The summed E-state index contributed by atoms with van der Waals surface area (Å²) in [5.41, 5.74) is 6.64. The first-order chi connectivity index (χ1) is 16.8. The van der Waals surface area contributed by atoms with Crippen molar-refractivity contribution in [2.45, 2.75) is 57.8 Å². The molecular formula is C23H35N5O8. The molecule has 0 fully saturated rings. The zero-order valence-electron chi connectivity index (χ0n) is 20.5. The molecule has 1 aromatic carbocycles. The number of aliphatic hydroxyl groups is 1. The fraction of sp³-hybridized carbons (Fsp3) is 0.522. The third-order valence-electron chi connectivity index (χ3n) is 5.05. The Labute approximate surface area is 208 Å². The summed E-state index contributed by atoms with van der Waals surface area (Å²) < 4.78 is 0. The maximum Gasteiger partial charge on any atom is 0.322 e. The quantitative estimate of drug-likeness (QED) is 0.138. The van der Waals surface area contributed by atoms with Crippen molar-refractivity contribution in [2.75, 3.05) is 13.2 Å². The number of aliphatic carboxylic acids is 1. The molecule has 0 radical (unpaired) electrons. The molecular weight excluding hydrogens is 474 g/mol. The number of hydrogen-bond donors (Lipinski definition) is 8. The van der Waals surface area contributed by atoms with E-state index in [-0.39, 0.29) is 24.5 Å². The van der Waals surface area contributed by atoms with Crippen molar-refractivity contribution in [1.29, 1.82) is 0 Å². The van der Waals surface area contributed by atoms with Crippen molar-refractivity contribution in [3.8, 4) is 5.75 Å². The van der Waals surface area contributed by atoms with Crippen LogP contribution in [0.15, 0.2) is 24.3 Å². The van der Waals surface area contributed by atoms with Gasteiger partial charge in [-0.1, -0.05) is 26.0 Å². The van der Waals surface area contributed by atoms with E-state index in [1.807, 2.05) is 13.8 Å². The van der Waals surface area contributed by atoms with Crippen LogP contribution in [0.1, 0.15) is 32.8 Å². The molecule has 0 saturated carbocycles. The van der Waals surface area contributed by atoms with Gasteiger partial charge in [-0.15, -0.1) is 0 Å². The van der Waals surface area contributed by atoms with Gasteiger partial charge in [-0.05, 0) is 43.4 Å². The molecule has 13 heteroatoms. The molecule has 0 spiro atoms. The van der Waals surface area contributed by atoms with E-state index in [9.17, 15) is 34.2 Å². The number of amides is 4. The van der Waals surface area contributed by atoms with Crippen LogP contribution in [-0.2, 0) is 30.4 Å². The second kappa shape index (κ2) is 14.6. The molecule has 0 unspecified atom stereocenters. The van der Waals surface area contributed by atoms with Crippen molar-refractivity contribution in [2.24, 2.45) is 11.7 Å². The summed E-state index contributed by atoms with van der Waals surface area (Å²) in [6.07, 6.45) is 0.360. The highest BCUT2D eigenvalue weighted by Gasteiger charge is 2.29. The molecule has 200 valence electrons. The predicted molar refractivity (Wildman–Crippen MR) is 128 cm³/mol. The molecule has 4 atom stereocenters. The first-order valence-electron chi connectivity index (χ1n) is 11.4. The lowest BCUT2D eigenvalue weighted by Gasteiger charge is -2.25. The van der Waals surface area contributed by atoms with Gasteiger partial charge in [-0.2, -0.15) is 0 Å². The van der Waals surface area contributed by atoms with Gasteiger partial charge in [0.05, 0.1) is 12.6 Å². The van der Waals surface area contributed by atoms with Gasteiger partial charge < -0.3 is 42.3 Å². The molecule has 1 aromatic rings. The van der Waals surface area contributed by atoms with Gasteiger partial charge in [0.2, 0.25) is 23.6 Å². The normalized spacial score (nSPS) is 14.2. The Morgan fingerprint density at radius 1 is 0.861 bits per heavy atom. The maximum absolute atomic E-state index is 12.7. The van der Waals surface area contributed by atoms with Gasteiger partial charge in [-0.3, -0.25) is 24.0 Å². The summed E-state index contributed by atoms with van der Waals surface area (Å²) in [5, 5.41) is 36.8. The molecule has 0 aliphatic carbocycles. The van der Waals surface area contributed by atoms with Gasteiger partial charge in [-0.25, -0.2) is 0 Å². The maximum atomic E-state index is 12.7. The number of hydrogen-bond acceptors (Lipinski definition) is 8. The molecule has 13 nitrogen and oxygen atoms in total. The zero-order chi connectivity index (χ0) is 27.4. The SMILES string of the molecule is CC(C)C[C@H](NC(=O)[C@H](C)NC(=O)[C@@H](N)Cc1ccc(O)cc1)C(=O)N[C@@H](CO)C(=O)NCC(=O)O. The Hall–Kier alpha value is -3.71. The number of phenolic OH excluding ortho intramolecular Hbond substituents is 1. The first-order valence-corrected chi connectivity index (χ1v) is 11.4. The van der Waals surface area contributed by atoms with Crippen LogP contribution in [0.3, 0.4) is 0 Å². The van der Waals surface area contributed by atoms with Gasteiger partial charge in [0.15, 0.2) is 0 Å². The summed E-state index contributed by atoms with van der Waals surface area (Å²) >= 11 is 0. The lowest BCUT2D eigenvalue weighted by molar-refractivity contribution is -0.139. The highest BCUT2D eigenvalue weighted by atomic mass is 16.4. The largest absolute Gasteiger partial charge is 0.508 e. The van der Waals surface area contributed by atoms with Crippen LogP contribution in [0.2, 0.25) is 0 Å². The van der Waals surface area contributed by atoms with Crippen LogP contribution in [0.4, 0.5) is 0 Å². The number of benzene rings is 1. The minimum Gasteiger partial charge on any atom is -0.508 e. The highest BCUT2D eigenvalue weighted by molar-refractivity contribution is 5.95. The summed E-state index contributed by atoms with van der Waals surface area (Å²) in [4.78, 5) is 60.5. The number of aromatic hydroxyl groups is 1. The predicted octanol–water partition coefficient (Wildman–Crippen LogP) is -2.02. The molecule has 0 heterocycles. The Morgan fingerprint density at radius 2 is 1.44 bits per heavy atom. The summed E-state index contributed by atoms with van der Waals surface area (Å²) in [7, 11) is 0. The number of carbonyl (C=O) groups excluding carboxylic acids is 4. The Bertz CT molecular complexity index is 922. The average molecular weight is 510 g/mol. The van der Waals surface area contributed by atoms with Gasteiger partial charge >= 0.3 is 5.97 Å². The second-order valence-electron chi connectivity index (χ2n) is 8.75. The number of phenols is 1. The minimum atomic E-state index is -1.42. The topological polar surface area (TPSA) is 220 Å². The lowest BCUT2D eigenvalue weighted by Crippen LogP contribution is -2.58. The minimum absolute atomic E-state index is 0.0434. The summed E-state index contributed by atoms with van der Waals surface area (Å²) in [6.45, 7) is 3.56. The van der Waals surface area contributed by atoms with E-state index in [0.717, 1.165) is 0 Å². The smallest absolute Gasteiger partial charge is 0.322 e. The van der Waals surface area contributed by atoms with Crippen LogP contribution in [-0.4, -0.2) is 82.2 Å². The Kier molecular flexibility index (Phi) is 12.3. The summed E-state index contributed by atoms with van der Waals surface area (Å²) in [6, 6.07) is 1.65. The monoisotopic (exact) mass is 509 g/mol. The zero-order valence-corrected chi connectivity index (χ0v) is 20.5. The fourth-order valence-corrected chi connectivity index (χ4v) is 3.12. The van der Waals surface area contributed by atoms with Crippen molar-refractivity contribution < 1.29 is 39.3 Å². The Balaban J connectivity index is 2.74. The van der Waals surface area contributed by atoms with Crippen LogP contribution < -0.4 is 27.0 Å². The second-order valence-corrected chi connectivity index (χ2v) is 8.75. The number of rotatable bonds is 14. The van der Waals surface area contributed by atoms with E-state index in [4.69, 9.17) is 10.8 Å². The molecule has 9 N–H and O–H groups in total. The van der Waals surface area contributed by atoms with E-state index >= 15 is 0 Å². The van der Waals surface area contributed by atoms with E-state index in [2.05, 4.69) is 21.3 Å². The van der Waals surface area contributed by atoms with E-state index in [1.165, 1.54) is 19.1 Å². The fourth-order valence-electron chi connectivity index (χ4n) is 3.12. The average Bonchev–Trinajstić information content (AvgIpc) is 2.81. The van der Waals surface area contributed by atoms with E-state index in [1.54, 1.807) is 12.1 Å². The van der Waals surface area contributed by atoms with Crippen LogP contribution >= 0.6 is 0 Å². The summed E-state index contributed by atoms with van der Waals surface area (Å²) in [5.74, 6) is -4.18. The highest BCUT2D eigenvalue weighted by Crippen LogP contribution is 2.11. The van der Waals surface area contributed by atoms with Gasteiger partial charge in [0, 0.05) is 0 Å². The van der Waals surface area contributed by atoms with E-state index in [0.29, 0.717) is 5.56 Å². The number of nitrogens with two attached hydrogens (primary N) is 1. The molecule has 36 heavy (non-hydrogen) atoms. The van der Waals surface area contributed by atoms with Crippen LogP contribution in [0.25, 0.3) is 0 Å². The van der Waals surface area contributed by atoms with Crippen molar-refractivity contribution in [3.05, 3.63) is 29.8 Å². The van der Waals surface area contributed by atoms with Crippen molar-refractivity contribution >= 4 is 29.6 Å². The molecule has 0 aromatic heterocycles. The molecule has 4 amide bonds. The number of carbonyl (C=O) groups is 5. The van der Waals surface area contributed by atoms with Crippen molar-refractivity contribution in [1.82, 2.24) is 21.3 Å². The Morgan fingerprint density at radius 3 is 1.97 bits per heavy atom. The molecule has 0 aliphatic heterocycles. The van der Waals surface area contributed by atoms with Crippen LogP contribution in [0, 0.1) is 5.92 Å². The molecule has 1 rings (SSSR count). The molecule has 0 saturated heterocycles. The molecule has 0 bridgehead atoms. The third-order valence-corrected chi connectivity index (χ3v) is 5.05. The van der Waals surface area contributed by atoms with Gasteiger partial charge in [0.1, 0.15) is 30.4 Å². The van der Waals surface area contributed by atoms with Gasteiger partial charge in [0.25, 0.3) is 0 Å². The third kappa shape index (κ3) is 10.7. The first kappa shape index (κ1) is 30.3. The standard InChI is InChI=1S/C23H35N5O8/c1-12(2)8-17(23(36)28-18(11-29)22(35)25-10-19(31)32)27-20(33)13(3)26-21(34)16(24)9-14-4-6-15(30)7-5-14/h4-7,12-13,16-18,29-30H,8-11,24H2,1-3H3,(H,25,35)(H,26,34)(H,27,33)(H,28,36)(H,31,32)/t13-,16-,17-,18-/m0/s1. The van der Waals surface area contributed by atoms with Crippen LogP contribution in [0.5, 0.6) is 5.75 Å². The molecule has 0 aliphatic rings.